The Morgan fingerprint density at radius 2 is 1.60 bits per heavy atom. The molecule has 0 bridgehead atoms. The van der Waals surface area contributed by atoms with Gasteiger partial charge >= 0.3 is 5.97 Å². The molecule has 0 saturated carbocycles. The second-order valence-electron chi connectivity index (χ2n) is 8.21. The SMILES string of the molecule is CC(N)C(=O)NC(Cc1c[nH]c2ccccc12)C(=O)NC(C(=O)NC(CC(N)=O)C(=O)O)C(C)O. The molecule has 0 fully saturated rings. The first-order valence-corrected chi connectivity index (χ1v) is 10.8. The molecule has 0 aliphatic rings. The number of aliphatic carboxylic acids is 1. The van der Waals surface area contributed by atoms with Crippen molar-refractivity contribution in [3.05, 3.63) is 36.0 Å². The molecule has 4 amide bonds. The van der Waals surface area contributed by atoms with Crippen LogP contribution in [-0.4, -0.2) is 75.1 Å². The topological polar surface area (TPSA) is 230 Å². The second-order valence-corrected chi connectivity index (χ2v) is 8.21. The zero-order chi connectivity index (χ0) is 26.3. The normalized spacial score (nSPS) is 15.3. The average Bonchev–Trinajstić information content (AvgIpc) is 3.18. The van der Waals surface area contributed by atoms with E-state index in [0.717, 1.165) is 10.9 Å². The van der Waals surface area contributed by atoms with Crippen LogP contribution >= 0.6 is 0 Å². The summed E-state index contributed by atoms with van der Waals surface area (Å²) in [5, 5.41) is 27.1. The zero-order valence-corrected chi connectivity index (χ0v) is 19.3. The summed E-state index contributed by atoms with van der Waals surface area (Å²) < 4.78 is 0. The summed E-state index contributed by atoms with van der Waals surface area (Å²) in [4.78, 5) is 63.5. The van der Waals surface area contributed by atoms with Gasteiger partial charge in [0.1, 0.15) is 18.1 Å². The van der Waals surface area contributed by atoms with E-state index in [9.17, 15) is 34.2 Å². The van der Waals surface area contributed by atoms with Crippen LogP contribution in [0, 0.1) is 0 Å². The molecule has 13 nitrogen and oxygen atoms in total. The molecule has 0 aliphatic heterocycles. The Labute approximate surface area is 200 Å². The first kappa shape index (κ1) is 27.3. The van der Waals surface area contributed by atoms with Crippen molar-refractivity contribution in [3.63, 3.8) is 0 Å². The number of carbonyl (C=O) groups excluding carboxylic acids is 4. The highest BCUT2D eigenvalue weighted by molar-refractivity contribution is 5.95. The van der Waals surface area contributed by atoms with E-state index in [-0.39, 0.29) is 6.42 Å². The maximum absolute atomic E-state index is 13.1. The van der Waals surface area contributed by atoms with Gasteiger partial charge in [-0.05, 0) is 25.5 Å². The van der Waals surface area contributed by atoms with Crippen molar-refractivity contribution in [3.8, 4) is 0 Å². The standard InChI is InChI=1S/C22H30N6O7/c1-10(23)19(31)26-15(7-12-9-25-14-6-4-3-5-13(12)14)20(32)28-18(11(2)29)21(33)27-16(22(34)35)8-17(24)30/h3-6,9-11,15-16,18,25,29H,7-8,23H2,1-2H3,(H2,24,30)(H,26,31)(H,27,33)(H,28,32)(H,34,35). The lowest BCUT2D eigenvalue weighted by atomic mass is 10.0. The number of rotatable bonds is 12. The van der Waals surface area contributed by atoms with Crippen molar-refractivity contribution in [1.82, 2.24) is 20.9 Å². The summed E-state index contributed by atoms with van der Waals surface area (Å²) >= 11 is 0. The van der Waals surface area contributed by atoms with E-state index >= 15 is 0 Å². The van der Waals surface area contributed by atoms with Crippen molar-refractivity contribution in [2.45, 2.75) is 57.0 Å². The molecule has 1 heterocycles. The van der Waals surface area contributed by atoms with E-state index in [0.29, 0.717) is 5.56 Å². The lowest BCUT2D eigenvalue weighted by Crippen LogP contribution is -2.60. The molecule has 1 aromatic carbocycles. The van der Waals surface area contributed by atoms with Gasteiger partial charge in [-0.15, -0.1) is 0 Å². The molecule has 190 valence electrons. The number of nitrogens with two attached hydrogens (primary N) is 2. The number of H-pyrrole nitrogens is 1. The third-order valence-electron chi connectivity index (χ3n) is 5.23. The first-order chi connectivity index (χ1) is 16.4. The number of fused-ring (bicyclic) bond motifs is 1. The highest BCUT2D eigenvalue weighted by atomic mass is 16.4. The summed E-state index contributed by atoms with van der Waals surface area (Å²) in [7, 11) is 0. The Kier molecular flexibility index (Phi) is 9.31. The van der Waals surface area contributed by atoms with Crippen LogP contribution in [-0.2, 0) is 30.4 Å². The molecule has 0 aliphatic carbocycles. The van der Waals surface area contributed by atoms with Crippen LogP contribution in [0.15, 0.2) is 30.5 Å². The minimum atomic E-state index is -1.65. The van der Waals surface area contributed by atoms with Gasteiger partial charge in [-0.3, -0.25) is 19.2 Å². The number of nitrogens with one attached hydrogen (secondary N) is 4. The van der Waals surface area contributed by atoms with Crippen LogP contribution in [0.5, 0.6) is 0 Å². The Morgan fingerprint density at radius 3 is 2.17 bits per heavy atom. The van der Waals surface area contributed by atoms with Gasteiger partial charge in [0.15, 0.2) is 0 Å². The molecule has 0 saturated heterocycles. The number of carboxylic acid groups (broad SMARTS) is 1. The number of aliphatic hydroxyl groups excluding tert-OH is 1. The molecule has 13 heteroatoms. The number of hydrogen-bond acceptors (Lipinski definition) is 7. The molecule has 1 aromatic heterocycles. The van der Waals surface area contributed by atoms with Gasteiger partial charge in [-0.25, -0.2) is 4.79 Å². The van der Waals surface area contributed by atoms with Gasteiger partial charge in [-0.2, -0.15) is 0 Å². The second kappa shape index (κ2) is 11.9. The number of aromatic nitrogens is 1. The molecule has 10 N–H and O–H groups in total. The predicted molar refractivity (Wildman–Crippen MR) is 125 cm³/mol. The molecule has 5 unspecified atom stereocenters. The maximum atomic E-state index is 13.1. The minimum Gasteiger partial charge on any atom is -0.480 e. The molecule has 0 spiro atoms. The van der Waals surface area contributed by atoms with E-state index in [1.165, 1.54) is 13.8 Å². The van der Waals surface area contributed by atoms with Gasteiger partial charge in [0.05, 0.1) is 18.6 Å². The number of carbonyl (C=O) groups is 5. The van der Waals surface area contributed by atoms with E-state index in [4.69, 9.17) is 11.5 Å². The lowest BCUT2D eigenvalue weighted by molar-refractivity contribution is -0.144. The zero-order valence-electron chi connectivity index (χ0n) is 19.3. The van der Waals surface area contributed by atoms with Gasteiger partial charge in [0, 0.05) is 23.5 Å². The van der Waals surface area contributed by atoms with Crippen molar-refractivity contribution in [1.29, 1.82) is 0 Å². The number of primary amides is 1. The van der Waals surface area contributed by atoms with Crippen LogP contribution in [0.4, 0.5) is 0 Å². The number of aliphatic hydroxyl groups is 1. The highest BCUT2D eigenvalue weighted by Crippen LogP contribution is 2.19. The molecule has 0 radical (unpaired) electrons. The Morgan fingerprint density at radius 1 is 0.971 bits per heavy atom. The summed E-state index contributed by atoms with van der Waals surface area (Å²) in [6.07, 6.45) is -0.417. The number of benzene rings is 1. The third kappa shape index (κ3) is 7.52. The third-order valence-corrected chi connectivity index (χ3v) is 5.23. The number of para-hydroxylation sites is 1. The quantitative estimate of drug-likeness (QED) is 0.163. The number of hydrogen-bond donors (Lipinski definition) is 8. The average molecular weight is 491 g/mol. The van der Waals surface area contributed by atoms with Crippen molar-refractivity contribution < 1.29 is 34.2 Å². The van der Waals surface area contributed by atoms with E-state index in [1.54, 1.807) is 6.20 Å². The monoisotopic (exact) mass is 490 g/mol. The van der Waals surface area contributed by atoms with Gasteiger partial charge in [0.2, 0.25) is 23.6 Å². The van der Waals surface area contributed by atoms with E-state index in [1.807, 2.05) is 24.3 Å². The number of carboxylic acids is 1. The maximum Gasteiger partial charge on any atom is 0.326 e. The first-order valence-electron chi connectivity index (χ1n) is 10.8. The van der Waals surface area contributed by atoms with Crippen LogP contribution in [0.1, 0.15) is 25.8 Å². The minimum absolute atomic E-state index is 0.0296. The predicted octanol–water partition coefficient (Wildman–Crippen LogP) is -2.15. The van der Waals surface area contributed by atoms with Crippen molar-refractivity contribution in [2.75, 3.05) is 0 Å². The molecular weight excluding hydrogens is 460 g/mol. The van der Waals surface area contributed by atoms with E-state index < -0.39 is 66.3 Å². The molecule has 35 heavy (non-hydrogen) atoms. The largest absolute Gasteiger partial charge is 0.480 e. The Bertz CT molecular complexity index is 1100. The molecule has 2 rings (SSSR count). The highest BCUT2D eigenvalue weighted by Gasteiger charge is 2.33. The Balaban J connectivity index is 2.25. The number of amides is 4. The van der Waals surface area contributed by atoms with Crippen LogP contribution in [0.2, 0.25) is 0 Å². The summed E-state index contributed by atoms with van der Waals surface area (Å²) in [5.74, 6) is -4.96. The van der Waals surface area contributed by atoms with Gasteiger partial charge in [0.25, 0.3) is 0 Å². The summed E-state index contributed by atoms with van der Waals surface area (Å²) in [6.45, 7) is 2.65. The van der Waals surface area contributed by atoms with Crippen LogP contribution in [0.3, 0.4) is 0 Å². The fourth-order valence-corrected chi connectivity index (χ4v) is 3.35. The van der Waals surface area contributed by atoms with Gasteiger partial charge in [-0.1, -0.05) is 18.2 Å². The Hall–Kier alpha value is -3.97. The smallest absolute Gasteiger partial charge is 0.326 e. The van der Waals surface area contributed by atoms with Crippen LogP contribution < -0.4 is 27.4 Å². The van der Waals surface area contributed by atoms with Crippen molar-refractivity contribution in [2.24, 2.45) is 11.5 Å². The molecular formula is C22H30N6O7. The van der Waals surface area contributed by atoms with E-state index in [2.05, 4.69) is 20.9 Å². The molecule has 2 aromatic rings. The van der Waals surface area contributed by atoms with Crippen LogP contribution in [0.25, 0.3) is 10.9 Å². The fraction of sp³-hybridized carbons (Fsp3) is 0.409. The lowest BCUT2D eigenvalue weighted by Gasteiger charge is -2.26. The van der Waals surface area contributed by atoms with Crippen molar-refractivity contribution >= 4 is 40.5 Å². The fourth-order valence-electron chi connectivity index (χ4n) is 3.35. The number of aromatic amines is 1. The molecule has 5 atom stereocenters. The summed E-state index contributed by atoms with van der Waals surface area (Å²) in [6, 6.07) is 1.98. The summed E-state index contributed by atoms with van der Waals surface area (Å²) in [5.41, 5.74) is 12.2. The van der Waals surface area contributed by atoms with Gasteiger partial charge < -0.3 is 42.6 Å².